The summed E-state index contributed by atoms with van der Waals surface area (Å²) in [6, 6.07) is 11.3. The molecule has 0 aliphatic carbocycles. The zero-order chi connectivity index (χ0) is 14.7. The smallest absolute Gasteiger partial charge is 0.115 e. The number of imidazole rings is 1. The molecule has 0 aliphatic heterocycles. The first-order valence-electron chi connectivity index (χ1n) is 6.93. The molecule has 0 radical (unpaired) electrons. The highest BCUT2D eigenvalue weighted by molar-refractivity contribution is 5.63. The van der Waals surface area contributed by atoms with E-state index in [-0.39, 0.29) is 5.75 Å². The summed E-state index contributed by atoms with van der Waals surface area (Å²) < 4.78 is 2.06. The molecule has 3 aromatic rings. The van der Waals surface area contributed by atoms with Gasteiger partial charge in [0.15, 0.2) is 0 Å². The van der Waals surface area contributed by atoms with E-state index in [1.807, 2.05) is 30.9 Å². The number of phenolic OH excluding ortho intramolecular Hbond substituents is 1. The van der Waals surface area contributed by atoms with Crippen molar-refractivity contribution in [2.45, 2.75) is 19.4 Å². The van der Waals surface area contributed by atoms with E-state index in [9.17, 15) is 5.11 Å². The lowest BCUT2D eigenvalue weighted by atomic mass is 10.0. The Morgan fingerprint density at radius 1 is 1.10 bits per heavy atom. The summed E-state index contributed by atoms with van der Waals surface area (Å²) in [5.41, 5.74) is 3.16. The lowest BCUT2D eigenvalue weighted by molar-refractivity contribution is 0.475. The minimum absolute atomic E-state index is 0.275. The number of hydrogen-bond donors (Lipinski definition) is 1. The van der Waals surface area contributed by atoms with Gasteiger partial charge in [-0.25, -0.2) is 4.98 Å². The Morgan fingerprint density at radius 3 is 2.48 bits per heavy atom. The Balaban J connectivity index is 1.75. The van der Waals surface area contributed by atoms with E-state index in [4.69, 9.17) is 0 Å². The lowest BCUT2D eigenvalue weighted by Crippen LogP contribution is -2.06. The summed E-state index contributed by atoms with van der Waals surface area (Å²) in [7, 11) is 0. The predicted octanol–water partition coefficient (Wildman–Crippen LogP) is 3.45. The van der Waals surface area contributed by atoms with Gasteiger partial charge in [-0.05, 0) is 23.8 Å². The van der Waals surface area contributed by atoms with Crippen LogP contribution in [0.5, 0.6) is 5.75 Å². The van der Waals surface area contributed by atoms with Crippen LogP contribution in [0.2, 0.25) is 0 Å². The van der Waals surface area contributed by atoms with Gasteiger partial charge in [-0.2, -0.15) is 0 Å². The van der Waals surface area contributed by atoms with Gasteiger partial charge in [0.1, 0.15) is 5.75 Å². The fourth-order valence-corrected chi connectivity index (χ4v) is 2.33. The Labute approximate surface area is 123 Å². The number of hydrogen-bond acceptors (Lipinski definition) is 3. The standard InChI is InChI=1S/C17H17N3O/c1-13(11-20-9-8-18-12-20)17-7-4-15(10-19-17)14-2-5-16(21)6-3-14/h2-10,12-13,21H,11H2,1H3. The summed E-state index contributed by atoms with van der Waals surface area (Å²) in [6.45, 7) is 3.02. The fourth-order valence-electron chi connectivity index (χ4n) is 2.33. The van der Waals surface area contributed by atoms with Crippen molar-refractivity contribution in [1.82, 2.24) is 14.5 Å². The predicted molar refractivity (Wildman–Crippen MR) is 82.0 cm³/mol. The quantitative estimate of drug-likeness (QED) is 0.795. The zero-order valence-corrected chi connectivity index (χ0v) is 11.8. The molecule has 1 unspecified atom stereocenters. The molecule has 4 heteroatoms. The van der Waals surface area contributed by atoms with Crippen molar-refractivity contribution in [2.24, 2.45) is 0 Å². The van der Waals surface area contributed by atoms with Crippen molar-refractivity contribution in [2.75, 3.05) is 0 Å². The second-order valence-corrected chi connectivity index (χ2v) is 5.18. The first-order valence-corrected chi connectivity index (χ1v) is 6.93. The van der Waals surface area contributed by atoms with Gasteiger partial charge in [-0.1, -0.05) is 25.1 Å². The molecule has 21 heavy (non-hydrogen) atoms. The zero-order valence-electron chi connectivity index (χ0n) is 11.8. The highest BCUT2D eigenvalue weighted by Crippen LogP contribution is 2.23. The molecule has 0 saturated heterocycles. The molecule has 4 nitrogen and oxygen atoms in total. The summed E-state index contributed by atoms with van der Waals surface area (Å²) in [5, 5.41) is 9.32. The number of nitrogens with zero attached hydrogens (tertiary/aromatic N) is 3. The fraction of sp³-hybridized carbons (Fsp3) is 0.176. The van der Waals surface area contributed by atoms with E-state index in [0.717, 1.165) is 23.4 Å². The van der Waals surface area contributed by atoms with Gasteiger partial charge in [0, 0.05) is 42.3 Å². The third kappa shape index (κ3) is 3.11. The van der Waals surface area contributed by atoms with Crippen LogP contribution < -0.4 is 0 Å². The molecule has 0 spiro atoms. The average Bonchev–Trinajstić information content (AvgIpc) is 3.01. The summed E-state index contributed by atoms with van der Waals surface area (Å²) >= 11 is 0. The van der Waals surface area contributed by atoms with Crippen LogP contribution in [-0.4, -0.2) is 19.6 Å². The van der Waals surface area contributed by atoms with Crippen molar-refractivity contribution >= 4 is 0 Å². The van der Waals surface area contributed by atoms with Gasteiger partial charge >= 0.3 is 0 Å². The van der Waals surface area contributed by atoms with Crippen LogP contribution in [0.4, 0.5) is 0 Å². The minimum atomic E-state index is 0.275. The molecule has 0 aliphatic rings. The van der Waals surface area contributed by atoms with Crippen LogP contribution >= 0.6 is 0 Å². The summed E-state index contributed by atoms with van der Waals surface area (Å²) in [4.78, 5) is 8.61. The molecular weight excluding hydrogens is 262 g/mol. The van der Waals surface area contributed by atoms with E-state index >= 15 is 0 Å². The van der Waals surface area contributed by atoms with Crippen molar-refractivity contribution in [1.29, 1.82) is 0 Å². The van der Waals surface area contributed by atoms with Gasteiger partial charge in [-0.15, -0.1) is 0 Å². The molecule has 2 heterocycles. The topological polar surface area (TPSA) is 50.9 Å². The van der Waals surface area contributed by atoms with Crippen molar-refractivity contribution < 1.29 is 5.11 Å². The Morgan fingerprint density at radius 2 is 1.86 bits per heavy atom. The number of aromatic hydroxyl groups is 1. The number of rotatable bonds is 4. The molecule has 0 bridgehead atoms. The number of pyridine rings is 1. The third-order valence-electron chi connectivity index (χ3n) is 3.54. The third-order valence-corrected chi connectivity index (χ3v) is 3.54. The molecule has 3 rings (SSSR count). The van der Waals surface area contributed by atoms with E-state index in [0.29, 0.717) is 5.92 Å². The van der Waals surface area contributed by atoms with Crippen LogP contribution in [0.25, 0.3) is 11.1 Å². The first-order chi connectivity index (χ1) is 10.2. The minimum Gasteiger partial charge on any atom is -0.508 e. The Bertz CT molecular complexity index is 688. The van der Waals surface area contributed by atoms with Crippen LogP contribution in [0, 0.1) is 0 Å². The van der Waals surface area contributed by atoms with Gasteiger partial charge in [0.25, 0.3) is 0 Å². The maximum Gasteiger partial charge on any atom is 0.115 e. The Hall–Kier alpha value is -2.62. The highest BCUT2D eigenvalue weighted by Gasteiger charge is 2.08. The first kappa shape index (κ1) is 13.4. The maximum absolute atomic E-state index is 9.32. The van der Waals surface area contributed by atoms with Crippen LogP contribution in [-0.2, 0) is 6.54 Å². The molecular formula is C17H17N3O. The molecule has 106 valence electrons. The van der Waals surface area contributed by atoms with E-state index in [1.54, 1.807) is 18.3 Å². The molecule has 0 fully saturated rings. The number of phenols is 1. The molecule has 2 aromatic heterocycles. The van der Waals surface area contributed by atoms with Gasteiger partial charge < -0.3 is 9.67 Å². The van der Waals surface area contributed by atoms with E-state index in [1.165, 1.54) is 0 Å². The van der Waals surface area contributed by atoms with Crippen molar-refractivity contribution in [3.8, 4) is 16.9 Å². The second kappa shape index (κ2) is 5.79. The maximum atomic E-state index is 9.32. The number of benzene rings is 1. The molecule has 0 amide bonds. The number of aromatic nitrogens is 3. The molecule has 0 saturated carbocycles. The lowest BCUT2D eigenvalue weighted by Gasteiger charge is -2.12. The summed E-state index contributed by atoms with van der Waals surface area (Å²) in [5.74, 6) is 0.602. The van der Waals surface area contributed by atoms with Crippen molar-refractivity contribution in [3.63, 3.8) is 0 Å². The van der Waals surface area contributed by atoms with Crippen LogP contribution in [0.15, 0.2) is 61.3 Å². The largest absolute Gasteiger partial charge is 0.508 e. The molecule has 1 atom stereocenters. The second-order valence-electron chi connectivity index (χ2n) is 5.18. The van der Waals surface area contributed by atoms with Gasteiger partial charge in [0.2, 0.25) is 0 Å². The van der Waals surface area contributed by atoms with Crippen molar-refractivity contribution in [3.05, 3.63) is 67.0 Å². The average molecular weight is 279 g/mol. The monoisotopic (exact) mass is 279 g/mol. The SMILES string of the molecule is CC(Cn1ccnc1)c1ccc(-c2ccc(O)cc2)cn1. The van der Waals surface area contributed by atoms with Crippen LogP contribution in [0.3, 0.4) is 0 Å². The van der Waals surface area contributed by atoms with Crippen LogP contribution in [0.1, 0.15) is 18.5 Å². The molecule has 1 N–H and O–H groups in total. The van der Waals surface area contributed by atoms with Gasteiger partial charge in [-0.3, -0.25) is 4.98 Å². The van der Waals surface area contributed by atoms with E-state index < -0.39 is 0 Å². The van der Waals surface area contributed by atoms with E-state index in [2.05, 4.69) is 33.6 Å². The van der Waals surface area contributed by atoms with Gasteiger partial charge in [0.05, 0.1) is 6.33 Å². The highest BCUT2D eigenvalue weighted by atomic mass is 16.3. The normalized spacial score (nSPS) is 12.2. The Kier molecular flexibility index (Phi) is 3.69. The summed E-state index contributed by atoms with van der Waals surface area (Å²) in [6.07, 6.45) is 7.45. The molecule has 1 aromatic carbocycles.